The Morgan fingerprint density at radius 1 is 1.39 bits per heavy atom. The zero-order valence-corrected chi connectivity index (χ0v) is 24.0. The van der Waals surface area contributed by atoms with E-state index in [1.165, 1.54) is 6.07 Å². The molecule has 1 aliphatic carbocycles. The summed E-state index contributed by atoms with van der Waals surface area (Å²) in [6, 6.07) is 1.38. The summed E-state index contributed by atoms with van der Waals surface area (Å²) in [5.74, 6) is -0.198. The Hall–Kier alpha value is -2.69. The fraction of sp³-hybridized carbons (Fsp3) is 0.480. The van der Waals surface area contributed by atoms with Crippen LogP contribution in [0.2, 0.25) is 5.02 Å². The second kappa shape index (κ2) is 9.99. The number of aromatic nitrogens is 3. The Balaban J connectivity index is 1.87. The van der Waals surface area contributed by atoms with Crippen molar-refractivity contribution in [3.8, 4) is 5.75 Å². The van der Waals surface area contributed by atoms with Crippen molar-refractivity contribution < 1.29 is 19.0 Å². The molecule has 1 amide bonds. The molecule has 3 aromatic rings. The van der Waals surface area contributed by atoms with Crippen molar-refractivity contribution in [3.05, 3.63) is 51.9 Å². The number of fused-ring (bicyclic) bond motifs is 1. The summed E-state index contributed by atoms with van der Waals surface area (Å²) in [5, 5.41) is 11.9. The van der Waals surface area contributed by atoms with Crippen LogP contribution in [0.3, 0.4) is 0 Å². The molecule has 0 spiro atoms. The first-order chi connectivity index (χ1) is 16.9. The molecule has 0 radical (unpaired) electrons. The number of hydrogen-bond acceptors (Lipinski definition) is 6. The van der Waals surface area contributed by atoms with Crippen LogP contribution in [0.1, 0.15) is 73.9 Å². The summed E-state index contributed by atoms with van der Waals surface area (Å²) in [6.45, 7) is 7.49. The number of carbonyl (C=O) groups excluding carboxylic acids is 1. The number of nitrogen functional groups attached to an aromatic ring is 1. The van der Waals surface area contributed by atoms with Gasteiger partial charge in [-0.15, -0.1) is 0 Å². The van der Waals surface area contributed by atoms with Crippen LogP contribution in [-0.2, 0) is 5.04 Å². The van der Waals surface area contributed by atoms with E-state index in [-0.39, 0.29) is 34.6 Å². The molecule has 1 fully saturated rings. The molecule has 1 aromatic carbocycles. The third-order valence-electron chi connectivity index (χ3n) is 6.77. The third kappa shape index (κ3) is 4.81. The van der Waals surface area contributed by atoms with E-state index in [4.69, 9.17) is 27.1 Å². The van der Waals surface area contributed by atoms with Gasteiger partial charge in [-0.1, -0.05) is 18.5 Å². The smallest absolute Gasteiger partial charge is 0.258 e. The molecule has 1 atom stereocenters. The predicted octanol–water partition coefficient (Wildman–Crippen LogP) is 2.86. The number of aryl methyl sites for hydroxylation is 1. The highest BCUT2D eigenvalue weighted by Gasteiger charge is 2.37. The number of hydrogen-bond donors (Lipinski definition) is 3. The first-order valence-electron chi connectivity index (χ1n) is 12.2. The lowest BCUT2D eigenvalue weighted by Gasteiger charge is -2.30. The highest BCUT2D eigenvalue weighted by atomic mass is 35.5. The number of amides is 1. The zero-order chi connectivity index (χ0) is 26.4. The van der Waals surface area contributed by atoms with E-state index in [2.05, 4.69) is 10.3 Å². The summed E-state index contributed by atoms with van der Waals surface area (Å²) in [5.41, 5.74) is 7.92. The molecular formula is C25H33ClFN5O3Si. The van der Waals surface area contributed by atoms with E-state index < -0.39 is 16.8 Å². The van der Waals surface area contributed by atoms with Crippen molar-refractivity contribution >= 4 is 39.1 Å². The Labute approximate surface area is 217 Å². The number of nitrogens with two attached hydrogens (primary N) is 1. The van der Waals surface area contributed by atoms with Crippen LogP contribution in [0.15, 0.2) is 18.5 Å². The van der Waals surface area contributed by atoms with Crippen LogP contribution in [-0.4, -0.2) is 53.9 Å². The standard InChI is InChI=1S/C25H33ClFN5O3Si/c1-12(2)35-21-16(25(4,36)24-30-13(3)20-22(28)29-9-10-32(20)24)11-17(26)19(27)18(21)23(34)31-14-5-7-15(33)8-6-14/h9-12,14-15,33H,5-8H2,1-4,36H3,(H2,28,29)(H,31,34)/t14?,15?,25-/m0/s1. The van der Waals surface area contributed by atoms with E-state index in [1.54, 1.807) is 12.4 Å². The quantitative estimate of drug-likeness (QED) is 0.420. The van der Waals surface area contributed by atoms with Crippen LogP contribution < -0.4 is 15.8 Å². The Morgan fingerprint density at radius 3 is 2.69 bits per heavy atom. The van der Waals surface area contributed by atoms with Crippen molar-refractivity contribution in [2.75, 3.05) is 5.73 Å². The first kappa shape index (κ1) is 26.4. The van der Waals surface area contributed by atoms with Gasteiger partial charge in [0.1, 0.15) is 28.5 Å². The molecule has 11 heteroatoms. The maximum Gasteiger partial charge on any atom is 0.258 e. The number of halogens is 2. The summed E-state index contributed by atoms with van der Waals surface area (Å²) in [6.07, 6.45) is 5.13. The fourth-order valence-corrected chi connectivity index (χ4v) is 5.84. The Kier molecular flexibility index (Phi) is 7.32. The molecule has 1 aliphatic rings. The van der Waals surface area contributed by atoms with Gasteiger partial charge in [0, 0.05) is 39.3 Å². The van der Waals surface area contributed by atoms with Gasteiger partial charge in [0.05, 0.1) is 22.9 Å². The van der Waals surface area contributed by atoms with Crippen LogP contribution in [0.4, 0.5) is 10.2 Å². The predicted molar refractivity (Wildman–Crippen MR) is 141 cm³/mol. The average molecular weight is 534 g/mol. The van der Waals surface area contributed by atoms with Gasteiger partial charge < -0.3 is 20.9 Å². The number of benzene rings is 1. The highest BCUT2D eigenvalue weighted by molar-refractivity contribution is 6.31. The Bertz CT molecular complexity index is 1300. The van der Waals surface area contributed by atoms with Gasteiger partial charge in [-0.3, -0.25) is 9.20 Å². The number of carbonyl (C=O) groups is 1. The summed E-state index contributed by atoms with van der Waals surface area (Å²) in [7, 11) is 0.534. The second-order valence-corrected chi connectivity index (χ2v) is 12.7. The zero-order valence-electron chi connectivity index (χ0n) is 21.2. The van der Waals surface area contributed by atoms with Crippen molar-refractivity contribution in [2.24, 2.45) is 0 Å². The second-order valence-electron chi connectivity index (χ2n) is 10.2. The van der Waals surface area contributed by atoms with E-state index in [9.17, 15) is 9.90 Å². The molecule has 2 aromatic heterocycles. The Morgan fingerprint density at radius 2 is 2.06 bits per heavy atom. The van der Waals surface area contributed by atoms with Gasteiger partial charge in [-0.05, 0) is 52.5 Å². The minimum atomic E-state index is -0.820. The number of aliphatic hydroxyl groups is 1. The third-order valence-corrected chi connectivity index (χ3v) is 8.04. The maximum atomic E-state index is 15.5. The molecule has 2 heterocycles. The lowest BCUT2D eigenvalue weighted by molar-refractivity contribution is 0.0858. The van der Waals surface area contributed by atoms with Crippen LogP contribution in [0.25, 0.3) is 5.52 Å². The molecule has 194 valence electrons. The molecule has 4 N–H and O–H groups in total. The largest absolute Gasteiger partial charge is 0.490 e. The van der Waals surface area contributed by atoms with Gasteiger partial charge in [0.15, 0.2) is 5.82 Å². The molecule has 8 nitrogen and oxygen atoms in total. The maximum absolute atomic E-state index is 15.5. The van der Waals surface area contributed by atoms with Gasteiger partial charge >= 0.3 is 0 Å². The van der Waals surface area contributed by atoms with Crippen molar-refractivity contribution in [3.63, 3.8) is 0 Å². The molecule has 1 saturated carbocycles. The van der Waals surface area contributed by atoms with Gasteiger partial charge in [0.2, 0.25) is 0 Å². The highest BCUT2D eigenvalue weighted by Crippen LogP contribution is 2.42. The van der Waals surface area contributed by atoms with E-state index >= 15 is 4.39 Å². The molecule has 0 unspecified atom stereocenters. The monoisotopic (exact) mass is 533 g/mol. The minimum absolute atomic E-state index is 0.161. The number of rotatable bonds is 6. The lowest BCUT2D eigenvalue weighted by atomic mass is 9.92. The van der Waals surface area contributed by atoms with Crippen LogP contribution in [0.5, 0.6) is 5.75 Å². The van der Waals surface area contributed by atoms with Crippen molar-refractivity contribution in [1.29, 1.82) is 0 Å². The molecule has 0 saturated heterocycles. The number of ether oxygens (including phenoxy) is 1. The normalized spacial score (nSPS) is 20.0. The number of imidazole rings is 1. The van der Waals surface area contributed by atoms with Gasteiger partial charge in [-0.2, -0.15) is 0 Å². The number of nitrogens with zero attached hydrogens (tertiary/aromatic N) is 3. The lowest BCUT2D eigenvalue weighted by Crippen LogP contribution is -2.39. The van der Waals surface area contributed by atoms with E-state index in [0.717, 1.165) is 5.69 Å². The molecule has 0 bridgehead atoms. The van der Waals surface area contributed by atoms with E-state index in [1.807, 2.05) is 32.1 Å². The number of aliphatic hydroxyl groups excluding tert-OH is 1. The average Bonchev–Trinajstić information content (AvgIpc) is 3.16. The van der Waals surface area contributed by atoms with Crippen molar-refractivity contribution in [1.82, 2.24) is 19.7 Å². The molecular weight excluding hydrogens is 501 g/mol. The van der Waals surface area contributed by atoms with Gasteiger partial charge in [-0.25, -0.2) is 14.4 Å². The number of anilines is 1. The molecule has 0 aliphatic heterocycles. The summed E-state index contributed by atoms with van der Waals surface area (Å²) in [4.78, 5) is 22.4. The summed E-state index contributed by atoms with van der Waals surface area (Å²) < 4.78 is 23.5. The fourth-order valence-electron chi connectivity index (χ4n) is 4.91. The van der Waals surface area contributed by atoms with E-state index in [0.29, 0.717) is 58.6 Å². The SMILES string of the molecule is Cc1nc([C@@](C)([SiH3])c2cc(Cl)c(F)c(C(=O)NC3CCC(O)CC3)c2OC(C)C)n2ccnc(N)c12. The van der Waals surface area contributed by atoms with Gasteiger partial charge in [0.25, 0.3) is 5.91 Å². The number of nitrogens with one attached hydrogen (secondary N) is 1. The topological polar surface area (TPSA) is 115 Å². The van der Waals surface area contributed by atoms with Crippen LogP contribution in [0, 0.1) is 12.7 Å². The summed E-state index contributed by atoms with van der Waals surface area (Å²) >= 11 is 6.39. The van der Waals surface area contributed by atoms with Crippen LogP contribution >= 0.6 is 11.6 Å². The first-order valence-corrected chi connectivity index (χ1v) is 13.6. The minimum Gasteiger partial charge on any atom is -0.490 e. The molecule has 36 heavy (non-hydrogen) atoms. The van der Waals surface area contributed by atoms with Crippen molar-refractivity contribution in [2.45, 2.75) is 76.7 Å². The molecule has 4 rings (SSSR count).